The van der Waals surface area contributed by atoms with Crippen LogP contribution in [0.3, 0.4) is 0 Å². The number of halogens is 3. The Labute approximate surface area is 165 Å². The monoisotopic (exact) mass is 416 g/mol. The smallest absolute Gasteiger partial charge is 0.416 e. The molecule has 4 rings (SSSR count). The second-order valence-electron chi connectivity index (χ2n) is 6.04. The van der Waals surface area contributed by atoms with Crippen molar-refractivity contribution in [2.75, 3.05) is 5.32 Å². The van der Waals surface area contributed by atoms with Crippen LogP contribution in [0.15, 0.2) is 65.3 Å². The third kappa shape index (κ3) is 3.90. The Kier molecular flexibility index (Phi) is 4.67. The van der Waals surface area contributed by atoms with Crippen molar-refractivity contribution in [3.63, 3.8) is 0 Å². The predicted molar refractivity (Wildman–Crippen MR) is 101 cm³/mol. The SMILES string of the molecule is O=C(c1ccc(C(F)(F)F)cc1)c1ccc2nc(NC(=O)c3ccco3)sc2c1. The molecule has 146 valence electrons. The first-order valence-corrected chi connectivity index (χ1v) is 9.10. The Morgan fingerprint density at radius 1 is 1.00 bits per heavy atom. The molecule has 2 aromatic heterocycles. The minimum atomic E-state index is -4.46. The van der Waals surface area contributed by atoms with Crippen molar-refractivity contribution in [3.05, 3.63) is 83.3 Å². The standard InChI is InChI=1S/C20H11F3N2O3S/c21-20(22,23)13-6-3-11(4-7-13)17(26)12-5-8-14-16(10-12)29-19(24-14)25-18(27)15-2-1-9-28-15/h1-10H,(H,24,25,27). The van der Waals surface area contributed by atoms with Crippen LogP contribution in [0.25, 0.3) is 10.2 Å². The summed E-state index contributed by atoms with van der Waals surface area (Å²) in [6, 6.07) is 11.9. The van der Waals surface area contributed by atoms with E-state index >= 15 is 0 Å². The molecule has 29 heavy (non-hydrogen) atoms. The molecule has 0 aliphatic rings. The lowest BCUT2D eigenvalue weighted by molar-refractivity contribution is -0.137. The largest absolute Gasteiger partial charge is 0.459 e. The molecule has 0 spiro atoms. The molecule has 0 saturated heterocycles. The van der Waals surface area contributed by atoms with Crippen LogP contribution in [0, 0.1) is 0 Å². The Hall–Kier alpha value is -3.46. The molecule has 0 radical (unpaired) electrons. The summed E-state index contributed by atoms with van der Waals surface area (Å²) < 4.78 is 43.7. The van der Waals surface area contributed by atoms with Crippen LogP contribution in [0.1, 0.15) is 32.0 Å². The van der Waals surface area contributed by atoms with Gasteiger partial charge in [0.25, 0.3) is 5.91 Å². The van der Waals surface area contributed by atoms with Gasteiger partial charge in [-0.3, -0.25) is 14.9 Å². The molecular formula is C20H11F3N2O3S. The number of ketones is 1. The number of rotatable bonds is 4. The van der Waals surface area contributed by atoms with Gasteiger partial charge in [0, 0.05) is 11.1 Å². The third-order valence-electron chi connectivity index (χ3n) is 4.09. The molecular weight excluding hydrogens is 405 g/mol. The van der Waals surface area contributed by atoms with Crippen LogP contribution in [0.5, 0.6) is 0 Å². The molecule has 1 amide bonds. The number of nitrogens with one attached hydrogen (secondary N) is 1. The van der Waals surface area contributed by atoms with Gasteiger partial charge in [0.15, 0.2) is 16.7 Å². The lowest BCUT2D eigenvalue weighted by atomic mass is 10.0. The number of fused-ring (bicyclic) bond motifs is 1. The van der Waals surface area contributed by atoms with Crippen LogP contribution in [-0.2, 0) is 6.18 Å². The van der Waals surface area contributed by atoms with Crippen molar-refractivity contribution >= 4 is 38.4 Å². The molecule has 0 saturated carbocycles. The first kappa shape index (κ1) is 18.9. The van der Waals surface area contributed by atoms with Crippen molar-refractivity contribution < 1.29 is 27.2 Å². The zero-order valence-corrected chi connectivity index (χ0v) is 15.3. The minimum Gasteiger partial charge on any atom is -0.459 e. The van der Waals surface area contributed by atoms with Gasteiger partial charge in [-0.05, 0) is 42.5 Å². The fraction of sp³-hybridized carbons (Fsp3) is 0.0500. The number of carbonyl (C=O) groups is 2. The van der Waals surface area contributed by atoms with E-state index in [2.05, 4.69) is 10.3 Å². The summed E-state index contributed by atoms with van der Waals surface area (Å²) in [5, 5.41) is 2.95. The number of carbonyl (C=O) groups excluding carboxylic acids is 2. The molecule has 1 N–H and O–H groups in total. The highest BCUT2D eigenvalue weighted by atomic mass is 32.1. The average Bonchev–Trinajstić information content (AvgIpc) is 3.35. The maximum atomic E-state index is 12.7. The van der Waals surface area contributed by atoms with Gasteiger partial charge in [-0.15, -0.1) is 0 Å². The van der Waals surface area contributed by atoms with Gasteiger partial charge in [0.2, 0.25) is 0 Å². The van der Waals surface area contributed by atoms with E-state index in [-0.39, 0.29) is 11.3 Å². The van der Waals surface area contributed by atoms with Crippen LogP contribution >= 0.6 is 11.3 Å². The lowest BCUT2D eigenvalue weighted by Crippen LogP contribution is -2.10. The maximum Gasteiger partial charge on any atom is 0.416 e. The predicted octanol–water partition coefficient (Wildman–Crippen LogP) is 5.39. The number of benzene rings is 2. The number of furan rings is 1. The lowest BCUT2D eigenvalue weighted by Gasteiger charge is -2.07. The van der Waals surface area contributed by atoms with Crippen molar-refractivity contribution in [1.82, 2.24) is 4.98 Å². The van der Waals surface area contributed by atoms with Crippen LogP contribution in [0.2, 0.25) is 0 Å². The highest BCUT2D eigenvalue weighted by Crippen LogP contribution is 2.30. The van der Waals surface area contributed by atoms with E-state index in [9.17, 15) is 22.8 Å². The van der Waals surface area contributed by atoms with Crippen molar-refractivity contribution in [3.8, 4) is 0 Å². The van der Waals surface area contributed by atoms with Gasteiger partial charge in [-0.2, -0.15) is 13.2 Å². The highest BCUT2D eigenvalue weighted by molar-refractivity contribution is 7.22. The summed E-state index contributed by atoms with van der Waals surface area (Å²) in [6.45, 7) is 0. The van der Waals surface area contributed by atoms with Gasteiger partial charge in [-0.1, -0.05) is 23.5 Å². The van der Waals surface area contributed by atoms with Crippen LogP contribution in [0.4, 0.5) is 18.3 Å². The van der Waals surface area contributed by atoms with E-state index in [1.807, 2.05) is 0 Å². The molecule has 9 heteroatoms. The van der Waals surface area contributed by atoms with Gasteiger partial charge in [0.1, 0.15) is 0 Å². The second-order valence-corrected chi connectivity index (χ2v) is 7.07. The number of thiazole rings is 1. The zero-order chi connectivity index (χ0) is 20.6. The van der Waals surface area contributed by atoms with E-state index in [4.69, 9.17) is 4.42 Å². The number of aromatic nitrogens is 1. The first-order chi connectivity index (χ1) is 13.8. The number of alkyl halides is 3. The molecule has 0 fully saturated rings. The molecule has 0 unspecified atom stereocenters. The molecule has 2 aromatic carbocycles. The Balaban J connectivity index is 1.57. The topological polar surface area (TPSA) is 72.2 Å². The molecule has 0 aliphatic heterocycles. The van der Waals surface area contributed by atoms with E-state index in [0.29, 0.717) is 20.9 Å². The molecule has 0 bridgehead atoms. The quantitative estimate of drug-likeness (QED) is 0.453. The average molecular weight is 416 g/mol. The minimum absolute atomic E-state index is 0.141. The molecule has 4 aromatic rings. The summed E-state index contributed by atoms with van der Waals surface area (Å²) in [6.07, 6.45) is -3.08. The number of anilines is 1. The molecule has 0 atom stereocenters. The number of amides is 1. The molecule has 0 aliphatic carbocycles. The van der Waals surface area contributed by atoms with Crippen molar-refractivity contribution in [2.45, 2.75) is 6.18 Å². The van der Waals surface area contributed by atoms with Crippen molar-refractivity contribution in [1.29, 1.82) is 0 Å². The van der Waals surface area contributed by atoms with E-state index in [1.165, 1.54) is 23.7 Å². The summed E-state index contributed by atoms with van der Waals surface area (Å²) in [7, 11) is 0. The van der Waals surface area contributed by atoms with Crippen LogP contribution < -0.4 is 5.32 Å². The zero-order valence-electron chi connectivity index (χ0n) is 14.5. The Bertz CT molecular complexity index is 1200. The first-order valence-electron chi connectivity index (χ1n) is 8.29. The second kappa shape index (κ2) is 7.17. The summed E-state index contributed by atoms with van der Waals surface area (Å²) >= 11 is 1.17. The van der Waals surface area contributed by atoms with E-state index < -0.39 is 23.4 Å². The summed E-state index contributed by atoms with van der Waals surface area (Å²) in [4.78, 5) is 28.9. The van der Waals surface area contributed by atoms with E-state index in [1.54, 1.807) is 24.3 Å². The molecule has 2 heterocycles. The summed E-state index contributed by atoms with van der Waals surface area (Å²) in [5.74, 6) is -0.715. The number of hydrogen-bond acceptors (Lipinski definition) is 5. The van der Waals surface area contributed by atoms with Gasteiger partial charge < -0.3 is 4.42 Å². The van der Waals surface area contributed by atoms with E-state index in [0.717, 1.165) is 24.3 Å². The number of nitrogens with zero attached hydrogens (tertiary/aromatic N) is 1. The third-order valence-corrected chi connectivity index (χ3v) is 5.02. The van der Waals surface area contributed by atoms with Gasteiger partial charge in [-0.25, -0.2) is 4.98 Å². The fourth-order valence-electron chi connectivity index (χ4n) is 2.66. The number of hydrogen-bond donors (Lipinski definition) is 1. The molecule has 5 nitrogen and oxygen atoms in total. The highest BCUT2D eigenvalue weighted by Gasteiger charge is 2.30. The van der Waals surface area contributed by atoms with Crippen LogP contribution in [-0.4, -0.2) is 16.7 Å². The fourth-order valence-corrected chi connectivity index (χ4v) is 3.56. The maximum absolute atomic E-state index is 12.7. The van der Waals surface area contributed by atoms with Gasteiger partial charge in [0.05, 0.1) is 22.0 Å². The summed E-state index contributed by atoms with van der Waals surface area (Å²) in [5.41, 5.74) is 0.218. The Morgan fingerprint density at radius 2 is 1.72 bits per heavy atom. The Morgan fingerprint density at radius 3 is 2.38 bits per heavy atom. The van der Waals surface area contributed by atoms with Crippen molar-refractivity contribution in [2.24, 2.45) is 0 Å². The van der Waals surface area contributed by atoms with Gasteiger partial charge >= 0.3 is 6.18 Å². The normalized spacial score (nSPS) is 11.6.